The van der Waals surface area contributed by atoms with E-state index in [-0.39, 0.29) is 5.54 Å². The topological polar surface area (TPSA) is 28.2 Å². The SMILES string of the molecule is Cc1csc(CN2CCNC(C)(C)C2)n1. The number of nitrogens with one attached hydrogen (secondary N) is 1. The number of hydrogen-bond donors (Lipinski definition) is 1. The summed E-state index contributed by atoms with van der Waals surface area (Å²) in [7, 11) is 0. The second kappa shape index (κ2) is 4.20. The Labute approximate surface area is 95.5 Å². The number of piperazine rings is 1. The molecule has 0 radical (unpaired) electrons. The van der Waals surface area contributed by atoms with Gasteiger partial charge in [-0.25, -0.2) is 4.98 Å². The molecule has 2 rings (SSSR count). The Hall–Kier alpha value is -0.450. The van der Waals surface area contributed by atoms with Crippen LogP contribution in [0.5, 0.6) is 0 Å². The normalized spacial score (nSPS) is 21.8. The zero-order chi connectivity index (χ0) is 10.9. The van der Waals surface area contributed by atoms with E-state index in [0.29, 0.717) is 0 Å². The highest BCUT2D eigenvalue weighted by molar-refractivity contribution is 7.09. The van der Waals surface area contributed by atoms with Gasteiger partial charge in [-0.1, -0.05) is 0 Å². The first-order valence-corrected chi connectivity index (χ1v) is 6.31. The Balaban J connectivity index is 1.95. The van der Waals surface area contributed by atoms with E-state index in [1.54, 1.807) is 11.3 Å². The van der Waals surface area contributed by atoms with E-state index in [1.165, 1.54) is 5.01 Å². The highest BCUT2D eigenvalue weighted by atomic mass is 32.1. The molecule has 0 amide bonds. The summed E-state index contributed by atoms with van der Waals surface area (Å²) in [4.78, 5) is 6.99. The van der Waals surface area contributed by atoms with Crippen molar-refractivity contribution in [2.45, 2.75) is 32.9 Å². The molecule has 3 nitrogen and oxygen atoms in total. The zero-order valence-corrected chi connectivity index (χ0v) is 10.5. The molecule has 1 N–H and O–H groups in total. The molecule has 1 aliphatic rings. The molecule has 0 bridgehead atoms. The molecule has 4 heteroatoms. The lowest BCUT2D eigenvalue weighted by Gasteiger charge is -2.38. The molecule has 1 aromatic heterocycles. The van der Waals surface area contributed by atoms with Gasteiger partial charge in [0.25, 0.3) is 0 Å². The largest absolute Gasteiger partial charge is 0.309 e. The summed E-state index contributed by atoms with van der Waals surface area (Å²) in [6.45, 7) is 10.9. The van der Waals surface area contributed by atoms with Crippen LogP contribution in [0.25, 0.3) is 0 Å². The van der Waals surface area contributed by atoms with E-state index in [4.69, 9.17) is 0 Å². The first-order chi connectivity index (χ1) is 7.05. The summed E-state index contributed by atoms with van der Waals surface area (Å²) in [6.07, 6.45) is 0. The van der Waals surface area contributed by atoms with Crippen LogP contribution in [0.2, 0.25) is 0 Å². The van der Waals surface area contributed by atoms with E-state index in [9.17, 15) is 0 Å². The Morgan fingerprint density at radius 2 is 2.40 bits per heavy atom. The summed E-state index contributed by atoms with van der Waals surface area (Å²) >= 11 is 1.77. The Morgan fingerprint density at radius 3 is 3.00 bits per heavy atom. The first kappa shape index (κ1) is 11.0. The molecule has 0 saturated carbocycles. The van der Waals surface area contributed by atoms with Crippen LogP contribution in [0.4, 0.5) is 0 Å². The molecule has 0 spiro atoms. The quantitative estimate of drug-likeness (QED) is 0.829. The average Bonchev–Trinajstić information content (AvgIpc) is 2.49. The predicted molar refractivity (Wildman–Crippen MR) is 64.2 cm³/mol. The van der Waals surface area contributed by atoms with Crippen LogP contribution in [-0.4, -0.2) is 35.1 Å². The van der Waals surface area contributed by atoms with Crippen LogP contribution in [-0.2, 0) is 6.54 Å². The third-order valence-electron chi connectivity index (χ3n) is 2.68. The fourth-order valence-electron chi connectivity index (χ4n) is 2.05. The molecular weight excluding hydrogens is 206 g/mol. The van der Waals surface area contributed by atoms with Crippen LogP contribution < -0.4 is 5.32 Å². The van der Waals surface area contributed by atoms with E-state index in [0.717, 1.165) is 31.9 Å². The molecule has 0 unspecified atom stereocenters. The van der Waals surface area contributed by atoms with Crippen LogP contribution in [0.1, 0.15) is 24.5 Å². The van der Waals surface area contributed by atoms with Gasteiger partial charge in [0, 0.05) is 36.2 Å². The van der Waals surface area contributed by atoms with Gasteiger partial charge in [-0.2, -0.15) is 0 Å². The fourth-order valence-corrected chi connectivity index (χ4v) is 2.86. The number of hydrogen-bond acceptors (Lipinski definition) is 4. The van der Waals surface area contributed by atoms with Gasteiger partial charge >= 0.3 is 0 Å². The molecule has 15 heavy (non-hydrogen) atoms. The van der Waals surface area contributed by atoms with Crippen molar-refractivity contribution in [3.8, 4) is 0 Å². The van der Waals surface area contributed by atoms with Gasteiger partial charge in [-0.15, -0.1) is 11.3 Å². The molecule has 84 valence electrons. The van der Waals surface area contributed by atoms with Crippen LogP contribution in [0.15, 0.2) is 5.38 Å². The van der Waals surface area contributed by atoms with Gasteiger partial charge in [-0.3, -0.25) is 4.90 Å². The summed E-state index contributed by atoms with van der Waals surface area (Å²) in [6, 6.07) is 0. The van der Waals surface area contributed by atoms with Gasteiger partial charge in [-0.05, 0) is 20.8 Å². The van der Waals surface area contributed by atoms with E-state index in [1.807, 2.05) is 0 Å². The second-order valence-electron chi connectivity index (χ2n) is 4.90. The maximum absolute atomic E-state index is 4.51. The number of nitrogens with zero attached hydrogens (tertiary/aromatic N) is 2. The fraction of sp³-hybridized carbons (Fsp3) is 0.727. The number of rotatable bonds is 2. The molecule has 1 aromatic rings. The lowest BCUT2D eigenvalue weighted by atomic mass is 10.0. The van der Waals surface area contributed by atoms with Crippen molar-refractivity contribution in [2.75, 3.05) is 19.6 Å². The molecule has 1 fully saturated rings. The van der Waals surface area contributed by atoms with Crippen molar-refractivity contribution in [1.82, 2.24) is 15.2 Å². The van der Waals surface area contributed by atoms with Gasteiger partial charge < -0.3 is 5.32 Å². The van der Waals surface area contributed by atoms with E-state index < -0.39 is 0 Å². The summed E-state index contributed by atoms with van der Waals surface area (Å²) in [5.74, 6) is 0. The predicted octanol–water partition coefficient (Wildman–Crippen LogP) is 1.64. The highest BCUT2D eigenvalue weighted by Crippen LogP contribution is 2.16. The lowest BCUT2D eigenvalue weighted by Crippen LogP contribution is -2.56. The Morgan fingerprint density at radius 1 is 1.60 bits per heavy atom. The number of aromatic nitrogens is 1. The Kier molecular flexibility index (Phi) is 3.09. The van der Waals surface area contributed by atoms with E-state index >= 15 is 0 Å². The summed E-state index contributed by atoms with van der Waals surface area (Å²) in [5, 5.41) is 6.89. The molecule has 2 heterocycles. The molecule has 1 saturated heterocycles. The monoisotopic (exact) mass is 225 g/mol. The molecule has 0 atom stereocenters. The number of thiazole rings is 1. The van der Waals surface area contributed by atoms with Gasteiger partial charge in [0.2, 0.25) is 0 Å². The molecular formula is C11H19N3S. The molecule has 0 aromatic carbocycles. The van der Waals surface area contributed by atoms with Crippen molar-refractivity contribution in [3.05, 3.63) is 16.1 Å². The first-order valence-electron chi connectivity index (χ1n) is 5.44. The van der Waals surface area contributed by atoms with Crippen molar-refractivity contribution in [2.24, 2.45) is 0 Å². The molecule has 1 aliphatic heterocycles. The van der Waals surface area contributed by atoms with Crippen molar-refractivity contribution in [1.29, 1.82) is 0 Å². The van der Waals surface area contributed by atoms with Crippen molar-refractivity contribution >= 4 is 11.3 Å². The van der Waals surface area contributed by atoms with Crippen LogP contribution in [0, 0.1) is 6.92 Å². The minimum Gasteiger partial charge on any atom is -0.309 e. The molecule has 0 aliphatic carbocycles. The standard InChI is InChI=1S/C11H19N3S/c1-9-7-15-10(13-9)6-14-5-4-12-11(2,3)8-14/h7,12H,4-6,8H2,1-3H3. The van der Waals surface area contributed by atoms with Crippen LogP contribution >= 0.6 is 11.3 Å². The summed E-state index contributed by atoms with van der Waals surface area (Å²) in [5.41, 5.74) is 1.38. The Bertz CT molecular complexity index is 332. The van der Waals surface area contributed by atoms with Crippen molar-refractivity contribution < 1.29 is 0 Å². The van der Waals surface area contributed by atoms with Gasteiger partial charge in [0.15, 0.2) is 0 Å². The summed E-state index contributed by atoms with van der Waals surface area (Å²) < 4.78 is 0. The zero-order valence-electron chi connectivity index (χ0n) is 9.71. The minimum atomic E-state index is 0.241. The smallest absolute Gasteiger partial charge is 0.107 e. The van der Waals surface area contributed by atoms with Gasteiger partial charge in [0.05, 0.1) is 6.54 Å². The highest BCUT2D eigenvalue weighted by Gasteiger charge is 2.25. The van der Waals surface area contributed by atoms with Crippen LogP contribution in [0.3, 0.4) is 0 Å². The maximum Gasteiger partial charge on any atom is 0.107 e. The number of aryl methyl sites for hydroxylation is 1. The van der Waals surface area contributed by atoms with Gasteiger partial charge in [0.1, 0.15) is 5.01 Å². The average molecular weight is 225 g/mol. The lowest BCUT2D eigenvalue weighted by molar-refractivity contribution is 0.148. The van der Waals surface area contributed by atoms with E-state index in [2.05, 4.69) is 41.4 Å². The third-order valence-corrected chi connectivity index (χ3v) is 3.63. The minimum absolute atomic E-state index is 0.241. The van der Waals surface area contributed by atoms with Crippen molar-refractivity contribution in [3.63, 3.8) is 0 Å². The third kappa shape index (κ3) is 3.00. The second-order valence-corrected chi connectivity index (χ2v) is 5.85. The maximum atomic E-state index is 4.51.